The first-order valence-corrected chi connectivity index (χ1v) is 6.94. The summed E-state index contributed by atoms with van der Waals surface area (Å²) in [4.78, 5) is 0. The molecule has 3 nitrogen and oxygen atoms in total. The predicted molar refractivity (Wildman–Crippen MR) is 79.1 cm³/mol. The van der Waals surface area contributed by atoms with Crippen LogP contribution in [0.2, 0.25) is 0 Å². The lowest BCUT2D eigenvalue weighted by molar-refractivity contribution is 0.366. The summed E-state index contributed by atoms with van der Waals surface area (Å²) in [6, 6.07) is 6.44. The van der Waals surface area contributed by atoms with Gasteiger partial charge in [-0.05, 0) is 36.3 Å². The zero-order valence-electron chi connectivity index (χ0n) is 12.6. The van der Waals surface area contributed by atoms with Gasteiger partial charge in [0.05, 0.1) is 19.9 Å². The van der Waals surface area contributed by atoms with Crippen molar-refractivity contribution in [2.75, 3.05) is 19.5 Å². The van der Waals surface area contributed by atoms with Gasteiger partial charge >= 0.3 is 0 Å². The Kier molecular flexibility index (Phi) is 3.93. The summed E-state index contributed by atoms with van der Waals surface area (Å²) in [6.07, 6.45) is 2.46. The molecule has 0 radical (unpaired) electrons. The van der Waals surface area contributed by atoms with Gasteiger partial charge in [-0.3, -0.25) is 0 Å². The molecule has 0 aromatic heterocycles. The van der Waals surface area contributed by atoms with E-state index in [1.165, 1.54) is 12.8 Å². The summed E-state index contributed by atoms with van der Waals surface area (Å²) in [6.45, 7) is 7.01. The van der Waals surface area contributed by atoms with E-state index in [1.807, 2.05) is 18.2 Å². The van der Waals surface area contributed by atoms with E-state index in [0.29, 0.717) is 17.4 Å². The highest BCUT2D eigenvalue weighted by Gasteiger charge is 2.36. The van der Waals surface area contributed by atoms with Crippen LogP contribution in [0.5, 0.6) is 11.5 Å². The van der Waals surface area contributed by atoms with Crippen LogP contribution in [0.15, 0.2) is 18.2 Å². The third-order valence-corrected chi connectivity index (χ3v) is 4.08. The highest BCUT2D eigenvalue weighted by molar-refractivity contribution is 5.59. The highest BCUT2D eigenvalue weighted by Crippen LogP contribution is 2.43. The maximum atomic E-state index is 5.44. The second-order valence-corrected chi connectivity index (χ2v) is 6.37. The van der Waals surface area contributed by atoms with Crippen molar-refractivity contribution >= 4 is 5.69 Å². The fourth-order valence-corrected chi connectivity index (χ4v) is 3.20. The average molecular weight is 263 g/mol. The Morgan fingerprint density at radius 3 is 2.42 bits per heavy atom. The van der Waals surface area contributed by atoms with Crippen LogP contribution in [0.25, 0.3) is 0 Å². The molecule has 0 aliphatic heterocycles. The van der Waals surface area contributed by atoms with Crippen molar-refractivity contribution in [3.8, 4) is 11.5 Å². The molecule has 3 heteroatoms. The molecule has 1 aromatic carbocycles. The first-order chi connectivity index (χ1) is 8.95. The summed E-state index contributed by atoms with van der Waals surface area (Å²) >= 11 is 0. The SMILES string of the molecule is COc1ccc(NC2CC(C)(C)CC2C)c(OC)c1. The third kappa shape index (κ3) is 3.14. The minimum atomic E-state index is 0.427. The van der Waals surface area contributed by atoms with Gasteiger partial charge in [-0.1, -0.05) is 20.8 Å². The molecule has 0 heterocycles. The summed E-state index contributed by atoms with van der Waals surface area (Å²) in [5.41, 5.74) is 1.48. The van der Waals surface area contributed by atoms with Crippen molar-refractivity contribution in [1.29, 1.82) is 0 Å². The molecule has 1 fully saturated rings. The smallest absolute Gasteiger partial charge is 0.145 e. The minimum Gasteiger partial charge on any atom is -0.497 e. The highest BCUT2D eigenvalue weighted by atomic mass is 16.5. The topological polar surface area (TPSA) is 30.5 Å². The normalized spacial score (nSPS) is 25.1. The van der Waals surface area contributed by atoms with E-state index >= 15 is 0 Å². The van der Waals surface area contributed by atoms with E-state index in [4.69, 9.17) is 9.47 Å². The Morgan fingerprint density at radius 1 is 1.16 bits per heavy atom. The monoisotopic (exact) mass is 263 g/mol. The van der Waals surface area contributed by atoms with E-state index in [-0.39, 0.29) is 0 Å². The molecule has 1 aromatic rings. The number of rotatable bonds is 4. The van der Waals surface area contributed by atoms with Crippen molar-refractivity contribution < 1.29 is 9.47 Å². The number of hydrogen-bond donors (Lipinski definition) is 1. The molecule has 0 spiro atoms. The van der Waals surface area contributed by atoms with Gasteiger partial charge in [-0.2, -0.15) is 0 Å². The second kappa shape index (κ2) is 5.32. The molecule has 0 saturated heterocycles. The van der Waals surface area contributed by atoms with Crippen molar-refractivity contribution in [3.63, 3.8) is 0 Å². The zero-order valence-corrected chi connectivity index (χ0v) is 12.6. The van der Waals surface area contributed by atoms with Crippen LogP contribution in [0.4, 0.5) is 5.69 Å². The van der Waals surface area contributed by atoms with Gasteiger partial charge in [0.25, 0.3) is 0 Å². The molecule has 1 aliphatic rings. The number of hydrogen-bond acceptors (Lipinski definition) is 3. The van der Waals surface area contributed by atoms with Gasteiger partial charge in [0.1, 0.15) is 11.5 Å². The van der Waals surface area contributed by atoms with Gasteiger partial charge < -0.3 is 14.8 Å². The van der Waals surface area contributed by atoms with Crippen molar-refractivity contribution in [2.24, 2.45) is 11.3 Å². The van der Waals surface area contributed by atoms with E-state index in [1.54, 1.807) is 14.2 Å². The molecule has 19 heavy (non-hydrogen) atoms. The number of anilines is 1. The Balaban J connectivity index is 2.15. The lowest BCUT2D eigenvalue weighted by atomic mass is 9.91. The van der Waals surface area contributed by atoms with Crippen LogP contribution in [-0.4, -0.2) is 20.3 Å². The van der Waals surface area contributed by atoms with Crippen LogP contribution in [0, 0.1) is 11.3 Å². The maximum absolute atomic E-state index is 5.44. The summed E-state index contributed by atoms with van der Waals surface area (Å²) in [7, 11) is 3.37. The van der Waals surface area contributed by atoms with E-state index < -0.39 is 0 Å². The first-order valence-electron chi connectivity index (χ1n) is 6.94. The van der Waals surface area contributed by atoms with Gasteiger partial charge in [-0.25, -0.2) is 0 Å². The lowest BCUT2D eigenvalue weighted by Gasteiger charge is -2.21. The molecule has 1 saturated carbocycles. The Morgan fingerprint density at radius 2 is 1.89 bits per heavy atom. The fourth-order valence-electron chi connectivity index (χ4n) is 3.20. The fraction of sp³-hybridized carbons (Fsp3) is 0.625. The van der Waals surface area contributed by atoms with E-state index in [9.17, 15) is 0 Å². The molecule has 106 valence electrons. The molecule has 2 rings (SSSR count). The van der Waals surface area contributed by atoms with Crippen molar-refractivity contribution in [3.05, 3.63) is 18.2 Å². The molecule has 0 amide bonds. The first kappa shape index (κ1) is 14.0. The van der Waals surface area contributed by atoms with Gasteiger partial charge in [0.2, 0.25) is 0 Å². The molecular formula is C16H25NO2. The Hall–Kier alpha value is -1.38. The molecule has 1 aliphatic carbocycles. The maximum Gasteiger partial charge on any atom is 0.145 e. The van der Waals surface area contributed by atoms with E-state index in [2.05, 4.69) is 26.1 Å². The van der Waals surface area contributed by atoms with Gasteiger partial charge in [0.15, 0.2) is 0 Å². The number of ether oxygens (including phenoxy) is 2. The van der Waals surface area contributed by atoms with Crippen LogP contribution in [0.1, 0.15) is 33.6 Å². The molecular weight excluding hydrogens is 238 g/mol. The summed E-state index contributed by atoms with van der Waals surface area (Å²) < 4.78 is 10.7. The Bertz CT molecular complexity index is 442. The lowest BCUT2D eigenvalue weighted by Crippen LogP contribution is -2.22. The second-order valence-electron chi connectivity index (χ2n) is 6.37. The Labute approximate surface area is 116 Å². The van der Waals surface area contributed by atoms with Crippen LogP contribution >= 0.6 is 0 Å². The third-order valence-electron chi connectivity index (χ3n) is 4.08. The number of methoxy groups -OCH3 is 2. The standard InChI is InChI=1S/C16H25NO2/c1-11-9-16(2,3)10-14(11)17-13-7-6-12(18-4)8-15(13)19-5/h6-8,11,14,17H,9-10H2,1-5H3. The summed E-state index contributed by atoms with van der Waals surface area (Å²) in [5.74, 6) is 2.35. The van der Waals surface area contributed by atoms with E-state index in [0.717, 1.165) is 17.2 Å². The van der Waals surface area contributed by atoms with Crippen LogP contribution in [0.3, 0.4) is 0 Å². The number of nitrogens with one attached hydrogen (secondary N) is 1. The van der Waals surface area contributed by atoms with Crippen molar-refractivity contribution in [2.45, 2.75) is 39.7 Å². The largest absolute Gasteiger partial charge is 0.497 e. The quantitative estimate of drug-likeness (QED) is 0.892. The summed E-state index contributed by atoms with van der Waals surface area (Å²) in [5, 5.41) is 3.64. The van der Waals surface area contributed by atoms with Crippen LogP contribution in [-0.2, 0) is 0 Å². The average Bonchev–Trinajstić information content (AvgIpc) is 2.62. The van der Waals surface area contributed by atoms with Gasteiger partial charge in [-0.15, -0.1) is 0 Å². The molecule has 1 N–H and O–H groups in total. The molecule has 2 unspecified atom stereocenters. The molecule has 2 atom stereocenters. The number of benzene rings is 1. The molecule has 0 bridgehead atoms. The van der Waals surface area contributed by atoms with Crippen LogP contribution < -0.4 is 14.8 Å². The van der Waals surface area contributed by atoms with Crippen molar-refractivity contribution in [1.82, 2.24) is 0 Å². The van der Waals surface area contributed by atoms with Gasteiger partial charge in [0, 0.05) is 12.1 Å². The zero-order chi connectivity index (χ0) is 14.0. The predicted octanol–water partition coefficient (Wildman–Crippen LogP) is 3.94. The minimum absolute atomic E-state index is 0.427.